The number of fused-ring (bicyclic) bond motifs is 1. The van der Waals surface area contributed by atoms with E-state index in [2.05, 4.69) is 15.4 Å². The van der Waals surface area contributed by atoms with E-state index in [0.717, 1.165) is 49.6 Å². The van der Waals surface area contributed by atoms with Crippen LogP contribution in [0.1, 0.15) is 36.5 Å². The van der Waals surface area contributed by atoms with Crippen molar-refractivity contribution >= 4 is 5.91 Å². The Kier molecular flexibility index (Phi) is 4.59. The van der Waals surface area contributed by atoms with Crippen molar-refractivity contribution in [3.8, 4) is 0 Å². The van der Waals surface area contributed by atoms with E-state index in [1.807, 2.05) is 25.1 Å². The van der Waals surface area contributed by atoms with Crippen molar-refractivity contribution in [3.05, 3.63) is 41.7 Å². The average molecular weight is 345 g/mol. The first-order valence-electron chi connectivity index (χ1n) is 8.81. The van der Waals surface area contributed by atoms with Gasteiger partial charge in [-0.1, -0.05) is 5.16 Å². The number of carbonyl (C=O) groups excluding carboxylic acids is 1. The third-order valence-corrected chi connectivity index (χ3v) is 5.01. The predicted octanol–water partition coefficient (Wildman–Crippen LogP) is 2.01. The SMILES string of the molecule is Cc1cc(CN2CC[C@H]3O[C@H](C(=O)NCc4ccco4)CC[C@H]32)no1. The van der Waals surface area contributed by atoms with Crippen molar-refractivity contribution in [2.75, 3.05) is 6.54 Å². The largest absolute Gasteiger partial charge is 0.467 e. The number of carbonyl (C=O) groups is 1. The molecule has 0 spiro atoms. The van der Waals surface area contributed by atoms with Gasteiger partial charge in [0.2, 0.25) is 5.91 Å². The number of nitrogens with zero attached hydrogens (tertiary/aromatic N) is 2. The second kappa shape index (κ2) is 7.01. The van der Waals surface area contributed by atoms with Crippen molar-refractivity contribution in [3.63, 3.8) is 0 Å². The first kappa shape index (κ1) is 16.4. The van der Waals surface area contributed by atoms with E-state index in [-0.39, 0.29) is 18.1 Å². The number of nitrogens with one attached hydrogen (secondary N) is 1. The van der Waals surface area contributed by atoms with E-state index in [9.17, 15) is 4.79 Å². The molecule has 3 atom stereocenters. The molecule has 4 rings (SSSR count). The maximum atomic E-state index is 12.3. The van der Waals surface area contributed by atoms with E-state index >= 15 is 0 Å². The zero-order valence-corrected chi connectivity index (χ0v) is 14.3. The zero-order chi connectivity index (χ0) is 17.2. The molecule has 0 saturated carbocycles. The fraction of sp³-hybridized carbons (Fsp3) is 0.556. The lowest BCUT2D eigenvalue weighted by Gasteiger charge is -2.35. The molecule has 0 unspecified atom stereocenters. The number of likely N-dealkylation sites (tertiary alicyclic amines) is 1. The molecule has 0 bridgehead atoms. The summed E-state index contributed by atoms with van der Waals surface area (Å²) >= 11 is 0. The van der Waals surface area contributed by atoms with Crippen LogP contribution in [-0.4, -0.2) is 40.8 Å². The second-order valence-corrected chi connectivity index (χ2v) is 6.79. The molecular formula is C18H23N3O4. The number of hydrogen-bond donors (Lipinski definition) is 1. The van der Waals surface area contributed by atoms with Crippen LogP contribution >= 0.6 is 0 Å². The van der Waals surface area contributed by atoms with Crippen LogP contribution in [0.15, 0.2) is 33.4 Å². The van der Waals surface area contributed by atoms with Crippen molar-refractivity contribution in [1.29, 1.82) is 0 Å². The maximum absolute atomic E-state index is 12.3. The monoisotopic (exact) mass is 345 g/mol. The standard InChI is InChI=1S/C18H23N3O4/c1-12-9-13(20-25-12)11-21-7-6-16-15(21)4-5-17(24-16)18(22)19-10-14-3-2-8-23-14/h2-3,8-9,15-17H,4-7,10-11H2,1H3,(H,19,22)/t15-,16-,17+/m1/s1. The molecule has 0 aliphatic carbocycles. The summed E-state index contributed by atoms with van der Waals surface area (Å²) in [7, 11) is 0. The Labute approximate surface area is 146 Å². The van der Waals surface area contributed by atoms with E-state index in [0.29, 0.717) is 12.6 Å². The number of furan rings is 1. The third kappa shape index (κ3) is 3.62. The third-order valence-electron chi connectivity index (χ3n) is 5.01. The molecule has 2 aliphatic rings. The molecule has 2 fully saturated rings. The highest BCUT2D eigenvalue weighted by Gasteiger charge is 2.41. The quantitative estimate of drug-likeness (QED) is 0.893. The van der Waals surface area contributed by atoms with Crippen LogP contribution in [0.3, 0.4) is 0 Å². The molecule has 0 aromatic carbocycles. The van der Waals surface area contributed by atoms with Gasteiger partial charge in [-0.25, -0.2) is 0 Å². The fourth-order valence-electron chi connectivity index (χ4n) is 3.81. The van der Waals surface area contributed by atoms with Gasteiger partial charge in [-0.05, 0) is 38.3 Å². The molecule has 2 saturated heterocycles. The Morgan fingerprint density at radius 2 is 2.32 bits per heavy atom. The summed E-state index contributed by atoms with van der Waals surface area (Å²) in [5.41, 5.74) is 0.955. The maximum Gasteiger partial charge on any atom is 0.249 e. The van der Waals surface area contributed by atoms with Crippen LogP contribution in [0.25, 0.3) is 0 Å². The first-order valence-corrected chi connectivity index (χ1v) is 8.81. The van der Waals surface area contributed by atoms with Gasteiger partial charge in [0, 0.05) is 25.2 Å². The molecule has 2 aliphatic heterocycles. The molecular weight excluding hydrogens is 322 g/mol. The van der Waals surface area contributed by atoms with Crippen molar-refractivity contribution in [1.82, 2.24) is 15.4 Å². The minimum atomic E-state index is -0.370. The highest BCUT2D eigenvalue weighted by molar-refractivity contribution is 5.80. The summed E-state index contributed by atoms with van der Waals surface area (Å²) in [4.78, 5) is 14.7. The number of aryl methyl sites for hydroxylation is 1. The van der Waals surface area contributed by atoms with Crippen molar-refractivity contribution < 1.29 is 18.5 Å². The fourth-order valence-corrected chi connectivity index (χ4v) is 3.81. The Morgan fingerprint density at radius 3 is 3.08 bits per heavy atom. The molecule has 1 N–H and O–H groups in total. The summed E-state index contributed by atoms with van der Waals surface area (Å²) in [6.07, 6.45) is 3.99. The molecule has 7 heteroatoms. The predicted molar refractivity (Wildman–Crippen MR) is 88.5 cm³/mol. The van der Waals surface area contributed by atoms with Gasteiger partial charge >= 0.3 is 0 Å². The number of rotatable bonds is 5. The average Bonchev–Trinajstić information content (AvgIpc) is 3.35. The summed E-state index contributed by atoms with van der Waals surface area (Å²) in [6, 6.07) is 5.98. The van der Waals surface area contributed by atoms with Gasteiger partial charge < -0.3 is 19.0 Å². The van der Waals surface area contributed by atoms with E-state index in [4.69, 9.17) is 13.7 Å². The lowest BCUT2D eigenvalue weighted by Crippen LogP contribution is -2.47. The van der Waals surface area contributed by atoms with Crippen LogP contribution in [-0.2, 0) is 22.6 Å². The van der Waals surface area contributed by atoms with Crippen molar-refractivity contribution in [2.45, 2.75) is 57.5 Å². The van der Waals surface area contributed by atoms with Gasteiger partial charge in [0.05, 0.1) is 24.6 Å². The molecule has 2 aromatic heterocycles. The second-order valence-electron chi connectivity index (χ2n) is 6.79. The van der Waals surface area contributed by atoms with E-state index in [1.165, 1.54) is 0 Å². The molecule has 1 amide bonds. The summed E-state index contributed by atoms with van der Waals surface area (Å²) in [6.45, 7) is 4.04. The molecule has 25 heavy (non-hydrogen) atoms. The lowest BCUT2D eigenvalue weighted by atomic mass is 9.98. The van der Waals surface area contributed by atoms with Crippen molar-refractivity contribution in [2.24, 2.45) is 0 Å². The van der Waals surface area contributed by atoms with E-state index < -0.39 is 0 Å². The van der Waals surface area contributed by atoms with Gasteiger partial charge in [-0.15, -0.1) is 0 Å². The van der Waals surface area contributed by atoms with Gasteiger partial charge in [0.1, 0.15) is 17.6 Å². The molecule has 134 valence electrons. The number of aromatic nitrogens is 1. The van der Waals surface area contributed by atoms with Gasteiger partial charge in [-0.3, -0.25) is 9.69 Å². The molecule has 7 nitrogen and oxygen atoms in total. The minimum absolute atomic E-state index is 0.0552. The zero-order valence-electron chi connectivity index (χ0n) is 14.3. The highest BCUT2D eigenvalue weighted by atomic mass is 16.5. The molecule has 4 heterocycles. The molecule has 0 radical (unpaired) electrons. The topological polar surface area (TPSA) is 80.7 Å². The summed E-state index contributed by atoms with van der Waals surface area (Å²) in [5, 5.41) is 6.97. The minimum Gasteiger partial charge on any atom is -0.467 e. The Morgan fingerprint density at radius 1 is 1.40 bits per heavy atom. The Hall–Kier alpha value is -2.12. The molecule has 2 aromatic rings. The van der Waals surface area contributed by atoms with Gasteiger partial charge in [0.15, 0.2) is 0 Å². The Bertz CT molecular complexity index is 712. The Balaban J connectivity index is 1.29. The lowest BCUT2D eigenvalue weighted by molar-refractivity contribution is -0.144. The van der Waals surface area contributed by atoms with Crippen LogP contribution in [0.5, 0.6) is 0 Å². The number of ether oxygens (including phenoxy) is 1. The van der Waals surface area contributed by atoms with Gasteiger partial charge in [0.25, 0.3) is 0 Å². The van der Waals surface area contributed by atoms with Crippen LogP contribution in [0.4, 0.5) is 0 Å². The normalized spacial score (nSPS) is 26.5. The smallest absolute Gasteiger partial charge is 0.249 e. The first-order chi connectivity index (χ1) is 12.2. The highest BCUT2D eigenvalue weighted by Crippen LogP contribution is 2.32. The van der Waals surface area contributed by atoms with Crippen LogP contribution in [0.2, 0.25) is 0 Å². The van der Waals surface area contributed by atoms with Crippen LogP contribution < -0.4 is 5.32 Å². The number of amides is 1. The van der Waals surface area contributed by atoms with Gasteiger partial charge in [-0.2, -0.15) is 0 Å². The summed E-state index contributed by atoms with van der Waals surface area (Å²) < 4.78 is 16.5. The summed E-state index contributed by atoms with van der Waals surface area (Å²) in [5.74, 6) is 1.52. The van der Waals surface area contributed by atoms with E-state index in [1.54, 1.807) is 6.26 Å². The number of hydrogen-bond acceptors (Lipinski definition) is 6. The van der Waals surface area contributed by atoms with Crippen LogP contribution in [0, 0.1) is 6.92 Å².